The van der Waals surface area contributed by atoms with Crippen molar-refractivity contribution in [2.24, 2.45) is 142 Å². The molecule has 3 aliphatic heterocycles. The highest BCUT2D eigenvalue weighted by Crippen LogP contribution is 2.75. The second-order valence-electron chi connectivity index (χ2n) is 54.0. The molecule has 27 aliphatic rings. The number of carbonyl (C=O) groups is 4. The van der Waals surface area contributed by atoms with E-state index in [4.69, 9.17) is 49.1 Å². The maximum Gasteiger partial charge on any atom is 0.317 e. The largest absolute Gasteiger partial charge is 0.501 e. The Morgan fingerprint density at radius 2 is 0.655 bits per heavy atom. The van der Waals surface area contributed by atoms with E-state index in [0.29, 0.717) is 83.2 Å². The van der Waals surface area contributed by atoms with Crippen molar-refractivity contribution in [3.63, 3.8) is 0 Å². The molecule has 15 nitrogen and oxygen atoms in total. The quantitative estimate of drug-likeness (QED) is 0.0765. The molecule has 0 aromatic heterocycles. The van der Waals surface area contributed by atoms with Crippen molar-refractivity contribution in [3.8, 4) is 12.3 Å². The zero-order chi connectivity index (χ0) is 104. The van der Waals surface area contributed by atoms with Crippen LogP contribution in [0.1, 0.15) is 340 Å². The van der Waals surface area contributed by atoms with E-state index in [1.54, 1.807) is 76.1 Å². The summed E-state index contributed by atoms with van der Waals surface area (Å²) in [6.07, 6.45) is 91.0. The summed E-state index contributed by atoms with van der Waals surface area (Å²) in [5, 5.41) is 22.1. The third-order valence-electron chi connectivity index (χ3n) is 48.9. The molecule has 0 aromatic carbocycles. The van der Waals surface area contributed by atoms with Gasteiger partial charge in [-0.1, -0.05) is 201 Å². The van der Waals surface area contributed by atoms with Crippen molar-refractivity contribution < 1.29 is 72.0 Å². The predicted molar refractivity (Wildman–Crippen MR) is 581 cm³/mol. The van der Waals surface area contributed by atoms with Crippen LogP contribution in [0.5, 0.6) is 0 Å². The molecule has 15 heteroatoms. The molecule has 18 unspecified atom stereocenters. The van der Waals surface area contributed by atoms with Crippen LogP contribution in [0.4, 0.5) is 0 Å². The lowest BCUT2D eigenvalue weighted by atomic mass is 9.51. The molecule has 3 spiro atoms. The number of terminal acetylenes is 1. The van der Waals surface area contributed by atoms with Crippen LogP contribution >= 0.6 is 0 Å². The minimum absolute atomic E-state index is 0.0175. The number of hydrogen-bond donors (Lipinski definition) is 2. The number of carbonyl (C=O) groups excluding carboxylic acids is 4. The average Bonchev–Trinajstić information content (AvgIpc) is 1.51. The van der Waals surface area contributed by atoms with Gasteiger partial charge in [0.25, 0.3) is 0 Å². The smallest absolute Gasteiger partial charge is 0.317 e. The number of esters is 2. The number of hydrogen-bond acceptors (Lipinski definition) is 15. The zero-order valence-electron chi connectivity index (χ0n) is 93.2. The average molecular weight is 2010 g/mol. The number of epoxide rings is 1. The Labute approximate surface area is 885 Å². The lowest BCUT2D eigenvalue weighted by Crippen LogP contribution is -2.50. The predicted octanol–water partition coefficient (Wildman–Crippen LogP) is 28.6. The summed E-state index contributed by atoms with van der Waals surface area (Å²) in [6.45, 7) is 34.9. The van der Waals surface area contributed by atoms with Gasteiger partial charge in [0.2, 0.25) is 0 Å². The van der Waals surface area contributed by atoms with Crippen molar-refractivity contribution >= 4 is 23.5 Å². The highest BCUT2D eigenvalue weighted by Gasteiger charge is 2.73. The van der Waals surface area contributed by atoms with E-state index in [0.717, 1.165) is 252 Å². The van der Waals surface area contributed by atoms with Crippen LogP contribution in [-0.2, 0) is 61.8 Å². The molecule has 0 aromatic rings. The molecular weight excluding hydrogens is 1840 g/mol. The van der Waals surface area contributed by atoms with Crippen LogP contribution < -0.4 is 0 Å². The first-order valence-electron chi connectivity index (χ1n) is 58.1. The van der Waals surface area contributed by atoms with Crippen molar-refractivity contribution in [2.45, 2.75) is 368 Å². The Kier molecular flexibility index (Phi) is 25.7. The molecule has 30 atom stereocenters. The topological polar surface area (TPSA) is 195 Å². The van der Waals surface area contributed by atoms with Gasteiger partial charge in [0.05, 0.1) is 95.0 Å². The molecule has 24 aliphatic carbocycles. The Morgan fingerprint density at radius 1 is 0.358 bits per heavy atom. The zero-order valence-corrected chi connectivity index (χ0v) is 93.2. The van der Waals surface area contributed by atoms with Crippen LogP contribution in [0.2, 0.25) is 0 Å². The number of ketones is 2. The molecule has 796 valence electrons. The number of allylic oxidation sites excluding steroid dienone is 36. The number of methoxy groups -OCH3 is 6. The number of aliphatic hydroxyl groups is 2. The molecule has 0 bridgehead atoms. The third kappa shape index (κ3) is 15.2. The Bertz CT molecular complexity index is 6180. The molecule has 0 amide bonds. The van der Waals surface area contributed by atoms with Crippen molar-refractivity contribution in [1.29, 1.82) is 0 Å². The molecule has 2 N–H and O–H groups in total. The molecule has 0 radical (unpaired) electrons. The van der Waals surface area contributed by atoms with Crippen molar-refractivity contribution in [1.82, 2.24) is 0 Å². The Balaban J connectivity index is 0.000000101. The van der Waals surface area contributed by atoms with E-state index in [-0.39, 0.29) is 88.5 Å². The second kappa shape index (κ2) is 36.6. The highest BCUT2D eigenvalue weighted by molar-refractivity contribution is 5.99. The fraction of sp³-hybridized carbons (Fsp3) is 0.669. The molecule has 148 heavy (non-hydrogen) atoms. The minimum atomic E-state index is -0.944. The van der Waals surface area contributed by atoms with E-state index in [1.807, 2.05) is 6.08 Å². The summed E-state index contributed by atoms with van der Waals surface area (Å²) in [5.74, 6) is 16.1. The first-order chi connectivity index (χ1) is 70.4. The summed E-state index contributed by atoms with van der Waals surface area (Å²) in [4.78, 5) is 48.8. The highest BCUT2D eigenvalue weighted by atomic mass is 16.6. The van der Waals surface area contributed by atoms with Crippen molar-refractivity contribution in [2.75, 3.05) is 49.3 Å². The molecule has 6 saturated carbocycles. The summed E-state index contributed by atoms with van der Waals surface area (Å²) < 4.78 is 51.1. The molecule has 3 saturated heterocycles. The van der Waals surface area contributed by atoms with E-state index >= 15 is 0 Å². The van der Waals surface area contributed by atoms with E-state index < -0.39 is 22.7 Å². The number of ether oxygens (including phenoxy) is 9. The van der Waals surface area contributed by atoms with Gasteiger partial charge in [0, 0.05) is 123 Å². The van der Waals surface area contributed by atoms with E-state index in [2.05, 4.69) is 205 Å². The molecule has 9 fully saturated rings. The van der Waals surface area contributed by atoms with Gasteiger partial charge >= 0.3 is 11.9 Å². The first kappa shape index (κ1) is 104. The third-order valence-corrected chi connectivity index (χ3v) is 48.9. The first-order valence-corrected chi connectivity index (χ1v) is 58.1. The summed E-state index contributed by atoms with van der Waals surface area (Å²) >= 11 is 0. The molecular formula is C133H174O15. The maximum absolute atomic E-state index is 12.5. The van der Waals surface area contributed by atoms with Gasteiger partial charge < -0.3 is 52.8 Å². The van der Waals surface area contributed by atoms with E-state index in [9.17, 15) is 29.4 Å². The van der Waals surface area contributed by atoms with Gasteiger partial charge in [-0.05, 0) is 340 Å². The van der Waals surface area contributed by atoms with Gasteiger partial charge in [-0.15, -0.1) is 13.0 Å². The summed E-state index contributed by atoms with van der Waals surface area (Å²) in [7, 11) is 10.7. The van der Waals surface area contributed by atoms with Crippen LogP contribution in [0.15, 0.2) is 223 Å². The molecule has 3 heterocycles. The monoisotopic (exact) mass is 2010 g/mol. The van der Waals surface area contributed by atoms with E-state index in [1.165, 1.54) is 78.9 Å². The molecule has 27 rings (SSSR count). The van der Waals surface area contributed by atoms with Crippen LogP contribution in [0.25, 0.3) is 0 Å². The Morgan fingerprint density at radius 3 is 0.980 bits per heavy atom. The fourth-order valence-electron chi connectivity index (χ4n) is 38.6. The van der Waals surface area contributed by atoms with Gasteiger partial charge in [0.1, 0.15) is 34.3 Å². The number of fused-ring (bicyclic) bond motifs is 33. The van der Waals surface area contributed by atoms with Crippen LogP contribution in [-0.4, -0.2) is 111 Å². The van der Waals surface area contributed by atoms with Gasteiger partial charge in [-0.2, -0.15) is 0 Å². The van der Waals surface area contributed by atoms with Gasteiger partial charge in [-0.25, -0.2) is 0 Å². The van der Waals surface area contributed by atoms with Crippen molar-refractivity contribution in [3.05, 3.63) is 223 Å². The fourth-order valence-corrected chi connectivity index (χ4v) is 38.6. The van der Waals surface area contributed by atoms with Crippen LogP contribution in [0, 0.1) is 154 Å². The second-order valence-corrected chi connectivity index (χ2v) is 54.0. The number of Topliss-reactive ketones (excluding diaryl/α,β-unsaturated/α-hetero) is 2. The lowest BCUT2D eigenvalue weighted by molar-refractivity contribution is -0.162. The maximum atomic E-state index is 12.5. The van der Waals surface area contributed by atoms with Crippen LogP contribution in [0.3, 0.4) is 0 Å². The normalized spacial score (nSPS) is 46.5. The Hall–Kier alpha value is -8.42. The van der Waals surface area contributed by atoms with Gasteiger partial charge in [-0.3, -0.25) is 19.2 Å². The summed E-state index contributed by atoms with van der Waals surface area (Å²) in [5.41, 5.74) is 17.4. The lowest BCUT2D eigenvalue weighted by Gasteiger charge is -2.53. The summed E-state index contributed by atoms with van der Waals surface area (Å²) in [6, 6.07) is 0. The standard InChI is InChI=1S/C25H32O4.C23H30O3.C22H30O2.C22H28O2.C21H28O2.C20H26O2/c1-15(26)19-14-25(29-22(19)27)12-9-21-18-6-5-16-13-17(28-4)7-10-23(16,2)20(18)8-11-24(21,25)3;1-21-10-6-16(25-3)14-15(21)4-5-17-18(21)7-11-22(2)19(17)8-12-23(22)13-9-20(24)26-23;2*1-5-22(23)13-10-19-17-7-6-15-14-16(24-4)8-11-20(15,2)18(17)9-12-21(19,22)3;1-19-9-6-15(22-3)12-14(19)4-5-16-17(19)7-10-20(2)18(16)8-11-21(20)13-23-21;1-19-10-8-14(22-3)12-13(19)4-5-15-16-6-7-18(21)20(16,2)11-9-17(15)19/h5,8,13,18-19,21H,6-7,9-12,14H2,1-4H3;4,7,14,17,19H,5-6,8-13H2,1-3H3;5-6,9,14,17,19,23H,1,7-8,10-13H2,2-4H3;1,6,9,14,17,19,23H,7-8,10-13H2,2-4H3;4,7,12,16,18H,5-6,8-11,13H2,1-3H3;4,9,12,15-16H,5-8,10-11H2,1-3H3/t18?,19?,21?,23-,24-,25?;17?,19?,21-,22-,23?;2*17?,19?,20-,21-,22?;16?,18?,19-,20-,21?;15?,16?,19-,20-/m000000/s1. The minimum Gasteiger partial charge on any atom is -0.501 e. The number of rotatable bonds is 8. The SMILES string of the molecule is C#CC1(O)CCC2C3CC=C4C=C(OC)CC[C@]4(C)C3=CC[C@@]21C.C=CC1(O)CCC2C3CC=C4C=C(OC)CC[C@]4(C)C3=CC[C@@]21C.COC1=CC2=CCC3C(=CC[C@@]4(C)C3CCC43CC(C(C)=O)C(=O)O3)[C@@]2(C)CC1.COC1=CC2=CCC3C(=CC[C@@]4(C)C3CCC43CCC(=O)O3)[C@@]2(C)CC1.COC1=CC2=CCC3C(=CC[C@@]4(C)C3CCC43CO3)[C@@]2(C)CC1.COC1=CC2=CCC3C(=CC[C@]4(C)C(=O)CCC34)[C@@]2(C)CC1. The van der Waals surface area contributed by atoms with Gasteiger partial charge in [0.15, 0.2) is 0 Å².